The molecule has 0 aliphatic carbocycles. The van der Waals surface area contributed by atoms with Crippen LogP contribution in [0.2, 0.25) is 0 Å². The lowest BCUT2D eigenvalue weighted by molar-refractivity contribution is -0.144. The minimum Gasteiger partial charge on any atom is -0.372 e. The van der Waals surface area contributed by atoms with E-state index in [0.717, 1.165) is 6.07 Å². The van der Waals surface area contributed by atoms with Gasteiger partial charge in [0.25, 0.3) is 0 Å². The smallest absolute Gasteiger partial charge is 0.372 e. The lowest BCUT2D eigenvalue weighted by Crippen LogP contribution is -2.35. The summed E-state index contributed by atoms with van der Waals surface area (Å²) in [6.07, 6.45) is -7.85. The maximum absolute atomic E-state index is 13.4. The Bertz CT molecular complexity index is 754. The largest absolute Gasteiger partial charge is 0.416 e. The molecule has 1 heterocycles. The summed E-state index contributed by atoms with van der Waals surface area (Å²) >= 11 is 0. The number of anilines is 1. The average Bonchev–Trinajstić information content (AvgIpc) is 2.64. The second-order valence-electron chi connectivity index (χ2n) is 6.42. The summed E-state index contributed by atoms with van der Waals surface area (Å²) in [4.78, 5) is 3.82. The molecule has 0 spiro atoms. The van der Waals surface area contributed by atoms with Gasteiger partial charge in [-0.15, -0.1) is 12.4 Å². The van der Waals surface area contributed by atoms with Crippen molar-refractivity contribution in [2.24, 2.45) is 0 Å². The van der Waals surface area contributed by atoms with Crippen LogP contribution in [0.15, 0.2) is 42.7 Å². The Morgan fingerprint density at radius 3 is 1.93 bits per heavy atom. The van der Waals surface area contributed by atoms with Crippen LogP contribution >= 0.6 is 12.4 Å². The normalized spacial score (nSPS) is 14.0. The highest BCUT2D eigenvalue weighted by Gasteiger charge is 2.42. The molecule has 168 valence electrons. The standard InChI is InChI=1S/C19H21F6N3O.ClH/c1-2-12(10-27-11-16(29)28-13-6-8-26-9-7-13)17-14(18(20,21)22)4-3-5-15(17)19(23,24)25;/h3-9,12,16,27,29H,2,10-11H2,1H3,(H,26,28);1H. The van der Waals surface area contributed by atoms with Crippen LogP contribution in [0.1, 0.15) is 36.0 Å². The summed E-state index contributed by atoms with van der Waals surface area (Å²) in [5, 5.41) is 15.5. The SMILES string of the molecule is CCC(CNCC(O)Nc1ccncc1)c1c(C(F)(F)F)cccc1C(F)(F)F.Cl. The quantitative estimate of drug-likeness (QED) is 0.383. The molecule has 4 nitrogen and oxygen atoms in total. The van der Waals surface area contributed by atoms with Gasteiger partial charge in [-0.25, -0.2) is 0 Å². The number of aromatic nitrogens is 1. The van der Waals surface area contributed by atoms with E-state index in [1.165, 1.54) is 19.3 Å². The molecule has 3 N–H and O–H groups in total. The van der Waals surface area contributed by atoms with Gasteiger partial charge in [-0.3, -0.25) is 4.98 Å². The van der Waals surface area contributed by atoms with Gasteiger partial charge in [-0.2, -0.15) is 26.3 Å². The minimum atomic E-state index is -4.91. The van der Waals surface area contributed by atoms with Gasteiger partial charge in [-0.05, 0) is 42.2 Å². The van der Waals surface area contributed by atoms with Crippen molar-refractivity contribution < 1.29 is 31.4 Å². The fourth-order valence-corrected chi connectivity index (χ4v) is 3.04. The van der Waals surface area contributed by atoms with E-state index in [9.17, 15) is 31.4 Å². The molecule has 1 aromatic heterocycles. The molecule has 30 heavy (non-hydrogen) atoms. The van der Waals surface area contributed by atoms with Crippen molar-refractivity contribution in [3.05, 3.63) is 59.4 Å². The van der Waals surface area contributed by atoms with Crippen molar-refractivity contribution in [1.82, 2.24) is 10.3 Å². The number of nitrogens with zero attached hydrogens (tertiary/aromatic N) is 1. The highest BCUT2D eigenvalue weighted by atomic mass is 35.5. The topological polar surface area (TPSA) is 57.2 Å². The molecule has 0 aliphatic heterocycles. The number of hydrogen-bond acceptors (Lipinski definition) is 4. The van der Waals surface area contributed by atoms with Gasteiger partial charge >= 0.3 is 12.4 Å². The van der Waals surface area contributed by atoms with Gasteiger partial charge < -0.3 is 15.7 Å². The molecule has 0 saturated heterocycles. The van der Waals surface area contributed by atoms with E-state index in [4.69, 9.17) is 0 Å². The molecule has 0 radical (unpaired) electrons. The van der Waals surface area contributed by atoms with Gasteiger partial charge in [0.15, 0.2) is 0 Å². The number of halogens is 7. The van der Waals surface area contributed by atoms with Crippen LogP contribution in [-0.2, 0) is 12.4 Å². The van der Waals surface area contributed by atoms with Crippen LogP contribution in [0, 0.1) is 0 Å². The van der Waals surface area contributed by atoms with Crippen LogP contribution in [0.3, 0.4) is 0 Å². The maximum atomic E-state index is 13.4. The number of nitrogens with one attached hydrogen (secondary N) is 2. The molecule has 0 fully saturated rings. The Morgan fingerprint density at radius 1 is 0.933 bits per heavy atom. The zero-order chi connectivity index (χ0) is 21.7. The molecule has 1 aromatic carbocycles. The van der Waals surface area contributed by atoms with Crippen LogP contribution in [0.4, 0.5) is 32.0 Å². The van der Waals surface area contributed by atoms with Crippen molar-refractivity contribution in [1.29, 1.82) is 0 Å². The van der Waals surface area contributed by atoms with Gasteiger partial charge in [0.1, 0.15) is 6.23 Å². The number of pyridine rings is 1. The first-order valence-corrected chi connectivity index (χ1v) is 8.86. The van der Waals surface area contributed by atoms with Crippen molar-refractivity contribution in [2.75, 3.05) is 18.4 Å². The van der Waals surface area contributed by atoms with E-state index in [-0.39, 0.29) is 31.9 Å². The summed E-state index contributed by atoms with van der Waals surface area (Å²) < 4.78 is 80.2. The summed E-state index contributed by atoms with van der Waals surface area (Å²) in [5.41, 5.74) is -2.80. The van der Waals surface area contributed by atoms with Crippen LogP contribution in [0.25, 0.3) is 0 Å². The second kappa shape index (κ2) is 10.8. The predicted molar refractivity (Wildman–Crippen MR) is 103 cm³/mol. The van der Waals surface area contributed by atoms with E-state index < -0.39 is 41.2 Å². The molecule has 0 amide bonds. The number of benzene rings is 1. The number of hydrogen-bond donors (Lipinski definition) is 3. The van der Waals surface area contributed by atoms with Gasteiger partial charge in [0, 0.05) is 31.2 Å². The lowest BCUT2D eigenvalue weighted by Gasteiger charge is -2.26. The van der Waals surface area contributed by atoms with E-state index in [1.54, 1.807) is 12.1 Å². The molecule has 0 bridgehead atoms. The molecule has 11 heteroatoms. The first-order chi connectivity index (χ1) is 13.5. The van der Waals surface area contributed by atoms with E-state index in [1.807, 2.05) is 0 Å². The van der Waals surface area contributed by atoms with Gasteiger partial charge in [-0.1, -0.05) is 13.0 Å². The first-order valence-electron chi connectivity index (χ1n) is 8.86. The molecular formula is C19H22ClF6N3O. The van der Waals surface area contributed by atoms with E-state index >= 15 is 0 Å². The number of aliphatic hydroxyl groups is 1. The summed E-state index contributed by atoms with van der Waals surface area (Å²) in [6.45, 7) is 1.28. The zero-order valence-corrected chi connectivity index (χ0v) is 16.7. The lowest BCUT2D eigenvalue weighted by atomic mass is 9.87. The van der Waals surface area contributed by atoms with Crippen molar-refractivity contribution in [3.8, 4) is 0 Å². The number of alkyl halides is 6. The monoisotopic (exact) mass is 457 g/mol. The third kappa shape index (κ3) is 7.03. The highest BCUT2D eigenvalue weighted by Crippen LogP contribution is 2.43. The van der Waals surface area contributed by atoms with E-state index in [2.05, 4.69) is 15.6 Å². The zero-order valence-electron chi connectivity index (χ0n) is 15.9. The summed E-state index contributed by atoms with van der Waals surface area (Å²) in [6, 6.07) is 5.29. The highest BCUT2D eigenvalue weighted by molar-refractivity contribution is 5.85. The predicted octanol–water partition coefficient (Wildman–Crippen LogP) is 5.05. The third-order valence-corrected chi connectivity index (χ3v) is 4.36. The minimum absolute atomic E-state index is 0. The van der Waals surface area contributed by atoms with Crippen LogP contribution < -0.4 is 10.6 Å². The Hall–Kier alpha value is -2.04. The molecular weight excluding hydrogens is 436 g/mol. The summed E-state index contributed by atoms with van der Waals surface area (Å²) in [7, 11) is 0. The van der Waals surface area contributed by atoms with Crippen molar-refractivity contribution in [2.45, 2.75) is 37.8 Å². The van der Waals surface area contributed by atoms with Gasteiger partial charge in [0.2, 0.25) is 0 Å². The number of aliphatic hydroxyl groups excluding tert-OH is 1. The molecule has 2 aromatic rings. The molecule has 0 aliphatic rings. The number of rotatable bonds is 8. The molecule has 2 unspecified atom stereocenters. The van der Waals surface area contributed by atoms with E-state index in [0.29, 0.717) is 17.8 Å². The molecule has 0 saturated carbocycles. The first kappa shape index (κ1) is 26.0. The Labute approximate surface area is 176 Å². The van der Waals surface area contributed by atoms with Crippen LogP contribution in [-0.4, -0.2) is 29.4 Å². The molecule has 2 rings (SSSR count). The Kier molecular flexibility index (Phi) is 9.38. The van der Waals surface area contributed by atoms with Crippen molar-refractivity contribution >= 4 is 18.1 Å². The Morgan fingerprint density at radius 2 is 1.47 bits per heavy atom. The fourth-order valence-electron chi connectivity index (χ4n) is 3.04. The summed E-state index contributed by atoms with van der Waals surface area (Å²) in [5.74, 6) is -1.04. The van der Waals surface area contributed by atoms with Crippen molar-refractivity contribution in [3.63, 3.8) is 0 Å². The van der Waals surface area contributed by atoms with Gasteiger partial charge in [0.05, 0.1) is 11.1 Å². The van der Waals surface area contributed by atoms with Crippen LogP contribution in [0.5, 0.6) is 0 Å². The Balaban J connectivity index is 0.00000450. The third-order valence-electron chi connectivity index (χ3n) is 4.36. The maximum Gasteiger partial charge on any atom is 0.416 e. The second-order valence-corrected chi connectivity index (χ2v) is 6.42. The average molecular weight is 458 g/mol. The molecule has 2 atom stereocenters. The fraction of sp³-hybridized carbons (Fsp3) is 0.421.